The highest BCUT2D eigenvalue weighted by molar-refractivity contribution is 7.91. The summed E-state index contributed by atoms with van der Waals surface area (Å²) in [6.45, 7) is -1.18. The SMILES string of the molecule is COS(=O)(=O)OCCS(=O)(=O)CCN(c1ccccc1)c1nc(F)nc(Nc2cc(S(=O)(=O)OC)cc(NN=C(N=Nc3cc(CS(=O)(=O)O)ccc3C(=O)O)c3ccccc3)c2O)n1. The van der Waals surface area contributed by atoms with E-state index < -0.39 is 122 Å². The number of para-hydroxylation sites is 1. The van der Waals surface area contributed by atoms with Crippen LogP contribution in [0.1, 0.15) is 21.5 Å². The van der Waals surface area contributed by atoms with E-state index in [1.165, 1.54) is 29.2 Å². The number of azo groups is 1. The number of nitrogens with zero attached hydrogens (tertiary/aromatic N) is 7. The van der Waals surface area contributed by atoms with Gasteiger partial charge in [0.2, 0.25) is 17.7 Å². The van der Waals surface area contributed by atoms with E-state index in [4.69, 9.17) is 0 Å². The first-order valence-electron chi connectivity index (χ1n) is 18.0. The molecule has 0 bridgehead atoms. The minimum Gasteiger partial charge on any atom is -0.504 e. The molecule has 0 spiro atoms. The molecule has 0 fully saturated rings. The molecule has 0 aliphatic rings. The van der Waals surface area contributed by atoms with E-state index in [1.54, 1.807) is 36.4 Å². The van der Waals surface area contributed by atoms with E-state index in [0.717, 1.165) is 44.6 Å². The average molecular weight is 982 g/mol. The summed E-state index contributed by atoms with van der Waals surface area (Å²) in [5.74, 6) is -5.88. The van der Waals surface area contributed by atoms with Crippen LogP contribution < -0.4 is 15.6 Å². The molecule has 24 nitrogen and oxygen atoms in total. The van der Waals surface area contributed by atoms with E-state index in [2.05, 4.69) is 53.6 Å². The first-order valence-corrected chi connectivity index (χ1v) is 24.2. The van der Waals surface area contributed by atoms with Crippen molar-refractivity contribution in [3.63, 3.8) is 0 Å². The summed E-state index contributed by atoms with van der Waals surface area (Å²) in [4.78, 5) is 24.0. The van der Waals surface area contributed by atoms with E-state index in [-0.39, 0.29) is 28.3 Å². The van der Waals surface area contributed by atoms with Gasteiger partial charge in [0.1, 0.15) is 17.1 Å². The highest BCUT2D eigenvalue weighted by atomic mass is 32.3. The molecule has 0 saturated carbocycles. The second-order valence-electron chi connectivity index (χ2n) is 12.9. The fourth-order valence-corrected chi connectivity index (χ4v) is 8.16. The molecule has 65 heavy (non-hydrogen) atoms. The first kappa shape index (κ1) is 49.4. The van der Waals surface area contributed by atoms with Crippen LogP contribution in [-0.4, -0.2) is 114 Å². The highest BCUT2D eigenvalue weighted by Gasteiger charge is 2.24. The van der Waals surface area contributed by atoms with Crippen molar-refractivity contribution in [3.05, 3.63) is 114 Å². The molecular formula is C36H36FN9O15S4. The van der Waals surface area contributed by atoms with Crippen LogP contribution in [0.5, 0.6) is 5.75 Å². The van der Waals surface area contributed by atoms with Crippen molar-refractivity contribution in [2.24, 2.45) is 15.3 Å². The molecule has 0 radical (unpaired) electrons. The molecule has 1 aromatic heterocycles. The molecule has 5 N–H and O–H groups in total. The van der Waals surface area contributed by atoms with Crippen LogP contribution in [0.25, 0.3) is 0 Å². The summed E-state index contributed by atoms with van der Waals surface area (Å²) in [5.41, 5.74) is 1.26. The summed E-state index contributed by atoms with van der Waals surface area (Å²) in [6.07, 6.45) is -1.41. The van der Waals surface area contributed by atoms with Gasteiger partial charge < -0.3 is 20.4 Å². The van der Waals surface area contributed by atoms with Crippen LogP contribution in [0.2, 0.25) is 0 Å². The zero-order valence-corrected chi connectivity index (χ0v) is 36.8. The van der Waals surface area contributed by atoms with Gasteiger partial charge >= 0.3 is 22.4 Å². The quantitative estimate of drug-likeness (QED) is 0.0132. The van der Waals surface area contributed by atoms with Crippen LogP contribution >= 0.6 is 0 Å². The van der Waals surface area contributed by atoms with Gasteiger partial charge in [-0.2, -0.15) is 49.7 Å². The predicted molar refractivity (Wildman–Crippen MR) is 229 cm³/mol. The van der Waals surface area contributed by atoms with Crippen molar-refractivity contribution in [3.8, 4) is 5.75 Å². The second-order valence-corrected chi connectivity index (χ2v) is 19.7. The monoisotopic (exact) mass is 981 g/mol. The van der Waals surface area contributed by atoms with E-state index >= 15 is 4.39 Å². The van der Waals surface area contributed by atoms with Crippen LogP contribution in [0.15, 0.2) is 111 Å². The number of aromatic nitrogens is 3. The van der Waals surface area contributed by atoms with Crippen molar-refractivity contribution in [1.82, 2.24) is 15.0 Å². The van der Waals surface area contributed by atoms with Gasteiger partial charge in [0, 0.05) is 17.8 Å². The number of phenolic OH excluding ortho intramolecular Hbond substituents is 1. The number of hydrogen-bond donors (Lipinski definition) is 5. The third kappa shape index (κ3) is 14.2. The van der Waals surface area contributed by atoms with E-state index in [9.17, 15) is 53.2 Å². The van der Waals surface area contributed by atoms with Gasteiger partial charge in [0.15, 0.2) is 15.6 Å². The third-order valence-electron chi connectivity index (χ3n) is 8.40. The lowest BCUT2D eigenvalue weighted by atomic mass is 10.1. The molecule has 346 valence electrons. The molecule has 0 aliphatic carbocycles. The Morgan fingerprint density at radius 3 is 2.12 bits per heavy atom. The number of rotatable bonds is 21. The maximum absolute atomic E-state index is 15.2. The lowest BCUT2D eigenvalue weighted by Gasteiger charge is -2.23. The number of halogens is 1. The van der Waals surface area contributed by atoms with Gasteiger partial charge in [0.05, 0.1) is 48.5 Å². The highest BCUT2D eigenvalue weighted by Crippen LogP contribution is 2.37. The fourth-order valence-electron chi connectivity index (χ4n) is 5.35. The summed E-state index contributed by atoms with van der Waals surface area (Å²) in [7, 11) is -15.9. The van der Waals surface area contributed by atoms with Crippen molar-refractivity contribution in [2.75, 3.05) is 54.5 Å². The fraction of sp³-hybridized carbons (Fsp3) is 0.194. The molecule has 0 atom stereocenters. The number of hydrogen-bond acceptors (Lipinski definition) is 21. The van der Waals surface area contributed by atoms with Crippen molar-refractivity contribution in [1.29, 1.82) is 0 Å². The topological polar surface area (TPSA) is 345 Å². The smallest absolute Gasteiger partial charge is 0.399 e. The normalized spacial score (nSPS) is 12.6. The molecule has 5 aromatic rings. The minimum absolute atomic E-state index is 0.0315. The number of carboxylic acid groups (broad SMARTS) is 1. The van der Waals surface area contributed by atoms with Crippen LogP contribution in [0.4, 0.5) is 39.0 Å². The molecule has 0 unspecified atom stereocenters. The maximum atomic E-state index is 15.2. The Kier molecular flexibility index (Phi) is 15.9. The number of aromatic carboxylic acids is 1. The molecule has 0 saturated heterocycles. The van der Waals surface area contributed by atoms with Crippen LogP contribution in [0, 0.1) is 6.08 Å². The summed E-state index contributed by atoms with van der Waals surface area (Å²) >= 11 is 0. The lowest BCUT2D eigenvalue weighted by molar-refractivity contribution is 0.0697. The molecule has 0 amide bonds. The largest absolute Gasteiger partial charge is 0.504 e. The lowest BCUT2D eigenvalue weighted by Crippen LogP contribution is -2.29. The van der Waals surface area contributed by atoms with Crippen molar-refractivity contribution in [2.45, 2.75) is 10.6 Å². The molecule has 4 aromatic carbocycles. The number of phenols is 1. The van der Waals surface area contributed by atoms with Crippen LogP contribution in [0.3, 0.4) is 0 Å². The summed E-state index contributed by atoms with van der Waals surface area (Å²) in [6, 6.07) is 20.7. The number of nitrogens with one attached hydrogen (secondary N) is 2. The second kappa shape index (κ2) is 20.9. The van der Waals surface area contributed by atoms with Crippen molar-refractivity contribution < 1.29 is 70.2 Å². The van der Waals surface area contributed by atoms with Gasteiger partial charge in [-0.25, -0.2) is 17.4 Å². The van der Waals surface area contributed by atoms with Crippen molar-refractivity contribution >= 4 is 86.9 Å². The predicted octanol–water partition coefficient (Wildman–Crippen LogP) is 3.90. The third-order valence-corrected chi connectivity index (χ3v) is 12.8. The maximum Gasteiger partial charge on any atom is 0.399 e. The Labute approximate surface area is 370 Å². The Balaban J connectivity index is 1.53. The number of carbonyl (C=O) groups is 1. The number of amidine groups is 1. The average Bonchev–Trinajstić information content (AvgIpc) is 3.24. The van der Waals surface area contributed by atoms with Gasteiger partial charge in [-0.3, -0.25) is 18.3 Å². The van der Waals surface area contributed by atoms with Crippen LogP contribution in [-0.2, 0) is 58.8 Å². The Hall–Kier alpha value is -6.60. The Bertz CT molecular complexity index is 3060. The first-order chi connectivity index (χ1) is 30.6. The molecule has 29 heteroatoms. The number of hydrazone groups is 1. The number of benzene rings is 4. The van der Waals surface area contributed by atoms with Gasteiger partial charge in [-0.15, -0.1) is 10.2 Å². The minimum atomic E-state index is -4.56. The molecule has 5 rings (SSSR count). The Morgan fingerprint density at radius 2 is 1.49 bits per heavy atom. The van der Waals surface area contributed by atoms with Gasteiger partial charge in [-0.05, 0) is 42.0 Å². The standard InChI is InChI=1S/C36H36FN9O15S4/c1-59-64(55,56)26-20-29(38-35-39-34(37)40-36(41-35)46(25-11-7-4-8-12-25)15-17-62(50,51)18-16-61-65(57,58)60-2)31(47)30(21-26)43-45-32(24-9-5-3-6-10-24)44-42-28-19-23(22-63(52,53)54)13-14-27(28)33(48)49/h3-14,19-21,43,47H,15-18,22H2,1-2H3,(H,48,49)(H,52,53,54)(H,38,39,40,41). The van der Waals surface area contributed by atoms with Gasteiger partial charge in [0.25, 0.3) is 20.2 Å². The molecule has 1 heterocycles. The zero-order chi connectivity index (χ0) is 47.6. The van der Waals surface area contributed by atoms with Gasteiger partial charge in [-0.1, -0.05) is 54.6 Å². The molecule has 0 aliphatic heterocycles. The van der Waals surface area contributed by atoms with E-state index in [1.807, 2.05) is 0 Å². The number of aromatic hydroxyl groups is 1. The summed E-state index contributed by atoms with van der Waals surface area (Å²) < 4.78 is 135. The zero-order valence-electron chi connectivity index (χ0n) is 33.6. The molecular weight excluding hydrogens is 946 g/mol. The number of sulfone groups is 1. The van der Waals surface area contributed by atoms with E-state index in [0.29, 0.717) is 0 Å². The summed E-state index contributed by atoms with van der Waals surface area (Å²) in [5, 5.41) is 35.8. The number of carboxylic acids is 1. The number of anilines is 5. The Morgan fingerprint density at radius 1 is 0.831 bits per heavy atom.